The number of hydrogen-bond donors (Lipinski definition) is 3. The number of methoxy groups -OCH3 is 1. The Morgan fingerprint density at radius 3 is 2.09 bits per heavy atom. The second-order valence-electron chi connectivity index (χ2n) is 7.90. The molecule has 0 aliphatic heterocycles. The number of aliphatic hydroxyl groups is 1. The lowest BCUT2D eigenvalue weighted by Gasteiger charge is -2.18. The normalized spacial score (nSPS) is 13.3. The summed E-state index contributed by atoms with van der Waals surface area (Å²) in [5, 5.41) is 20.4. The Morgan fingerprint density at radius 2 is 1.57 bits per heavy atom. The Hall–Kier alpha value is -2.99. The van der Waals surface area contributed by atoms with Gasteiger partial charge in [0.05, 0.1) is 18.1 Å². The molecule has 0 spiro atoms. The number of sulfonamides is 1. The SMILES string of the molecule is COc1ccc(-c2ccc(S(=O)(=O)NC(C[C@@H](O)CSc3nc(C)cc(C)n3)C(=O)O)cc2)cc1. The van der Waals surface area contributed by atoms with Gasteiger partial charge in [0.25, 0.3) is 0 Å². The molecule has 9 nitrogen and oxygen atoms in total. The van der Waals surface area contributed by atoms with Crippen LogP contribution in [0.3, 0.4) is 0 Å². The van der Waals surface area contributed by atoms with E-state index in [1.807, 2.05) is 32.0 Å². The van der Waals surface area contributed by atoms with Gasteiger partial charge in [-0.05, 0) is 55.3 Å². The molecule has 0 bridgehead atoms. The number of nitrogens with one attached hydrogen (secondary N) is 1. The van der Waals surface area contributed by atoms with Gasteiger partial charge >= 0.3 is 5.97 Å². The van der Waals surface area contributed by atoms with Gasteiger partial charge in [0.15, 0.2) is 5.16 Å². The standard InChI is InChI=1S/C24H27N3O6S2/c1-15-12-16(2)26-24(25-15)34-14-19(28)13-22(23(29)30)27-35(31,32)21-10-6-18(7-11-21)17-4-8-20(33-3)9-5-17/h4-12,19,22,27-28H,13-14H2,1-3H3,(H,29,30)/t19-,22?/m1/s1. The first-order chi connectivity index (χ1) is 16.6. The van der Waals surface area contributed by atoms with Gasteiger partial charge in [-0.3, -0.25) is 4.79 Å². The smallest absolute Gasteiger partial charge is 0.321 e. The highest BCUT2D eigenvalue weighted by molar-refractivity contribution is 7.99. The number of aryl methyl sites for hydroxylation is 2. The minimum absolute atomic E-state index is 0.0755. The van der Waals surface area contributed by atoms with Crippen molar-refractivity contribution in [2.75, 3.05) is 12.9 Å². The third-order valence-electron chi connectivity index (χ3n) is 5.06. The van der Waals surface area contributed by atoms with E-state index in [-0.39, 0.29) is 17.1 Å². The number of thioether (sulfide) groups is 1. The summed E-state index contributed by atoms with van der Waals surface area (Å²) < 4.78 is 33.0. The third-order valence-corrected chi connectivity index (χ3v) is 7.54. The fraction of sp³-hybridized carbons (Fsp3) is 0.292. The maximum atomic E-state index is 12.8. The quantitative estimate of drug-likeness (QED) is 0.259. The van der Waals surface area contributed by atoms with Crippen LogP contribution in [0.1, 0.15) is 17.8 Å². The number of rotatable bonds is 11. The van der Waals surface area contributed by atoms with Gasteiger partial charge in [0, 0.05) is 23.6 Å². The number of aromatic nitrogens is 2. The Labute approximate surface area is 208 Å². The maximum absolute atomic E-state index is 12.8. The summed E-state index contributed by atoms with van der Waals surface area (Å²) in [4.78, 5) is 20.2. The number of hydrogen-bond acceptors (Lipinski definition) is 8. The molecule has 1 heterocycles. The first-order valence-corrected chi connectivity index (χ1v) is 13.2. The molecule has 1 unspecified atom stereocenters. The highest BCUT2D eigenvalue weighted by Crippen LogP contribution is 2.24. The van der Waals surface area contributed by atoms with E-state index in [1.54, 1.807) is 31.4 Å². The van der Waals surface area contributed by atoms with Gasteiger partial charge in [-0.2, -0.15) is 4.72 Å². The van der Waals surface area contributed by atoms with Crippen LogP contribution in [0.25, 0.3) is 11.1 Å². The minimum Gasteiger partial charge on any atom is -0.497 e. The van der Waals surface area contributed by atoms with Crippen molar-refractivity contribution in [2.24, 2.45) is 0 Å². The zero-order chi connectivity index (χ0) is 25.6. The zero-order valence-corrected chi connectivity index (χ0v) is 21.1. The number of ether oxygens (including phenoxy) is 1. The Morgan fingerprint density at radius 1 is 1.03 bits per heavy atom. The van der Waals surface area contributed by atoms with Crippen LogP contribution in [0.15, 0.2) is 64.6 Å². The molecule has 3 aromatic rings. The van der Waals surface area contributed by atoms with Crippen LogP contribution >= 0.6 is 11.8 Å². The summed E-state index contributed by atoms with van der Waals surface area (Å²) in [6.07, 6.45) is -1.40. The van der Waals surface area contributed by atoms with Crippen molar-refractivity contribution in [3.63, 3.8) is 0 Å². The number of carboxylic acids is 1. The van der Waals surface area contributed by atoms with E-state index in [1.165, 1.54) is 23.9 Å². The molecule has 11 heteroatoms. The number of carbonyl (C=O) groups is 1. The van der Waals surface area contributed by atoms with Crippen molar-refractivity contribution in [1.82, 2.24) is 14.7 Å². The average Bonchev–Trinajstić information content (AvgIpc) is 2.82. The summed E-state index contributed by atoms with van der Waals surface area (Å²) in [7, 11) is -2.56. The molecule has 0 saturated carbocycles. The summed E-state index contributed by atoms with van der Waals surface area (Å²) in [5.41, 5.74) is 3.23. The lowest BCUT2D eigenvalue weighted by atomic mass is 10.1. The van der Waals surface area contributed by atoms with Gasteiger partial charge in [-0.25, -0.2) is 18.4 Å². The summed E-state index contributed by atoms with van der Waals surface area (Å²) in [6, 6.07) is 13.7. The summed E-state index contributed by atoms with van der Waals surface area (Å²) >= 11 is 1.18. The third kappa shape index (κ3) is 7.49. The second-order valence-corrected chi connectivity index (χ2v) is 10.6. The fourth-order valence-electron chi connectivity index (χ4n) is 3.33. The topological polar surface area (TPSA) is 139 Å². The van der Waals surface area contributed by atoms with Crippen LogP contribution in [-0.2, 0) is 14.8 Å². The molecule has 0 amide bonds. The molecular formula is C24H27N3O6S2. The average molecular weight is 518 g/mol. The van der Waals surface area contributed by atoms with Gasteiger partial charge < -0.3 is 14.9 Å². The number of carboxylic acid groups (broad SMARTS) is 1. The highest BCUT2D eigenvalue weighted by atomic mass is 32.2. The minimum atomic E-state index is -4.13. The van der Waals surface area contributed by atoms with Crippen LogP contribution in [0.2, 0.25) is 0 Å². The maximum Gasteiger partial charge on any atom is 0.321 e. The van der Waals surface area contributed by atoms with Crippen LogP contribution in [0.4, 0.5) is 0 Å². The monoisotopic (exact) mass is 517 g/mol. The van der Waals surface area contributed by atoms with Crippen LogP contribution in [-0.4, -0.2) is 59.6 Å². The first-order valence-electron chi connectivity index (χ1n) is 10.7. The summed E-state index contributed by atoms with van der Waals surface area (Å²) in [6.45, 7) is 3.65. The molecule has 186 valence electrons. The predicted octanol–water partition coefficient (Wildman–Crippen LogP) is 3.04. The first kappa shape index (κ1) is 26.6. The number of nitrogens with zero attached hydrogens (tertiary/aromatic N) is 2. The van der Waals surface area contributed by atoms with E-state index < -0.39 is 28.1 Å². The molecule has 2 aromatic carbocycles. The van der Waals surface area contributed by atoms with E-state index in [9.17, 15) is 23.4 Å². The molecule has 2 atom stereocenters. The van der Waals surface area contributed by atoms with Crippen LogP contribution in [0.5, 0.6) is 5.75 Å². The number of benzene rings is 2. The van der Waals surface area contributed by atoms with Crippen molar-refractivity contribution < 1.29 is 28.2 Å². The van der Waals surface area contributed by atoms with E-state index in [2.05, 4.69) is 14.7 Å². The fourth-order valence-corrected chi connectivity index (χ4v) is 5.43. The van der Waals surface area contributed by atoms with E-state index in [4.69, 9.17) is 4.74 Å². The molecule has 0 aliphatic carbocycles. The molecule has 0 radical (unpaired) electrons. The lowest BCUT2D eigenvalue weighted by Crippen LogP contribution is -2.43. The second kappa shape index (κ2) is 11.6. The largest absolute Gasteiger partial charge is 0.497 e. The van der Waals surface area contributed by atoms with Crippen LogP contribution in [0, 0.1) is 13.8 Å². The van der Waals surface area contributed by atoms with Gasteiger partial charge in [0.1, 0.15) is 11.8 Å². The Bertz CT molecular complexity index is 1250. The van der Waals surface area contributed by atoms with Crippen LogP contribution < -0.4 is 9.46 Å². The zero-order valence-electron chi connectivity index (χ0n) is 19.5. The molecule has 0 aliphatic rings. The summed E-state index contributed by atoms with van der Waals surface area (Å²) in [5.74, 6) is -0.556. The molecule has 0 fully saturated rings. The number of aliphatic hydroxyl groups excluding tert-OH is 1. The van der Waals surface area contributed by atoms with Crippen molar-refractivity contribution in [3.8, 4) is 16.9 Å². The van der Waals surface area contributed by atoms with Crippen molar-refractivity contribution in [1.29, 1.82) is 0 Å². The molecule has 3 rings (SSSR count). The van der Waals surface area contributed by atoms with Crippen molar-refractivity contribution in [3.05, 3.63) is 66.0 Å². The molecule has 1 aromatic heterocycles. The predicted molar refractivity (Wildman–Crippen MR) is 133 cm³/mol. The Balaban J connectivity index is 1.65. The van der Waals surface area contributed by atoms with Gasteiger partial charge in [-0.1, -0.05) is 36.0 Å². The van der Waals surface area contributed by atoms with E-state index >= 15 is 0 Å². The van der Waals surface area contributed by atoms with Crippen molar-refractivity contribution in [2.45, 2.75) is 42.5 Å². The van der Waals surface area contributed by atoms with Gasteiger partial charge in [0.2, 0.25) is 10.0 Å². The molecule has 35 heavy (non-hydrogen) atoms. The van der Waals surface area contributed by atoms with Crippen molar-refractivity contribution >= 4 is 27.8 Å². The van der Waals surface area contributed by atoms with E-state index in [0.29, 0.717) is 10.9 Å². The van der Waals surface area contributed by atoms with E-state index in [0.717, 1.165) is 22.5 Å². The molecule has 0 saturated heterocycles. The lowest BCUT2D eigenvalue weighted by molar-refractivity contribution is -0.139. The number of aliphatic carboxylic acids is 1. The van der Waals surface area contributed by atoms with Gasteiger partial charge in [-0.15, -0.1) is 0 Å². The highest BCUT2D eigenvalue weighted by Gasteiger charge is 2.28. The molecular weight excluding hydrogens is 490 g/mol. The Kier molecular flexibility index (Phi) is 8.84. The molecule has 3 N–H and O–H groups in total.